The third kappa shape index (κ3) is 4.10. The van der Waals surface area contributed by atoms with Crippen molar-refractivity contribution in [3.63, 3.8) is 0 Å². The summed E-state index contributed by atoms with van der Waals surface area (Å²) in [5.41, 5.74) is 4.65. The van der Waals surface area contributed by atoms with Crippen molar-refractivity contribution in [1.29, 1.82) is 0 Å². The van der Waals surface area contributed by atoms with E-state index in [9.17, 15) is 4.79 Å². The van der Waals surface area contributed by atoms with Crippen LogP contribution >= 0.6 is 11.8 Å². The van der Waals surface area contributed by atoms with Gasteiger partial charge in [0.25, 0.3) is 5.91 Å². The van der Waals surface area contributed by atoms with Gasteiger partial charge in [-0.3, -0.25) is 4.79 Å². The molecule has 1 heterocycles. The number of nitrogens with one attached hydrogen (secondary N) is 2. The highest BCUT2D eigenvalue weighted by Gasteiger charge is 2.07. The second-order valence-electron chi connectivity index (χ2n) is 5.32. The van der Waals surface area contributed by atoms with Gasteiger partial charge < -0.3 is 5.32 Å². The molecule has 0 aliphatic rings. The van der Waals surface area contributed by atoms with Crippen LogP contribution in [0.5, 0.6) is 0 Å². The minimum atomic E-state index is -0.0779. The SMILES string of the molecule is Cc1ccc(CSCCNC(=O)c2ccc3n[nH]nc3c2)cc1. The molecule has 1 aromatic heterocycles. The highest BCUT2D eigenvalue weighted by Crippen LogP contribution is 2.13. The zero-order valence-electron chi connectivity index (χ0n) is 12.9. The molecule has 0 atom stereocenters. The molecule has 2 N–H and O–H groups in total. The molecular weight excluding hydrogens is 308 g/mol. The molecule has 2 aromatic carbocycles. The molecule has 3 rings (SSSR count). The molecule has 1 amide bonds. The van der Waals surface area contributed by atoms with Crippen LogP contribution in [0.1, 0.15) is 21.5 Å². The fourth-order valence-electron chi connectivity index (χ4n) is 2.19. The van der Waals surface area contributed by atoms with Gasteiger partial charge in [0.2, 0.25) is 0 Å². The number of benzene rings is 2. The van der Waals surface area contributed by atoms with Crippen LogP contribution in [0.15, 0.2) is 42.5 Å². The normalized spacial score (nSPS) is 10.8. The number of rotatable bonds is 6. The number of amides is 1. The predicted molar refractivity (Wildman–Crippen MR) is 93.6 cm³/mol. The Bertz CT molecular complexity index is 798. The Morgan fingerprint density at radius 3 is 2.74 bits per heavy atom. The van der Waals surface area contributed by atoms with E-state index in [1.807, 2.05) is 11.8 Å². The Morgan fingerprint density at radius 1 is 1.13 bits per heavy atom. The van der Waals surface area contributed by atoms with Gasteiger partial charge >= 0.3 is 0 Å². The van der Waals surface area contributed by atoms with E-state index in [1.165, 1.54) is 11.1 Å². The van der Waals surface area contributed by atoms with Crippen LogP contribution in [0.25, 0.3) is 11.0 Å². The second kappa shape index (κ2) is 7.28. The number of aryl methyl sites for hydroxylation is 1. The number of carbonyl (C=O) groups is 1. The zero-order valence-corrected chi connectivity index (χ0v) is 13.7. The molecule has 0 radical (unpaired) electrons. The van der Waals surface area contributed by atoms with Crippen LogP contribution in [0.2, 0.25) is 0 Å². The first-order chi connectivity index (χ1) is 11.2. The number of hydrogen-bond acceptors (Lipinski definition) is 4. The van der Waals surface area contributed by atoms with Crippen molar-refractivity contribution < 1.29 is 4.79 Å². The minimum Gasteiger partial charge on any atom is -0.351 e. The number of hydrogen-bond donors (Lipinski definition) is 2. The summed E-state index contributed by atoms with van der Waals surface area (Å²) in [4.78, 5) is 12.1. The third-order valence-electron chi connectivity index (χ3n) is 3.50. The van der Waals surface area contributed by atoms with Gasteiger partial charge in [0.15, 0.2) is 0 Å². The van der Waals surface area contributed by atoms with Crippen LogP contribution < -0.4 is 5.32 Å². The molecule has 0 aliphatic carbocycles. The highest BCUT2D eigenvalue weighted by atomic mass is 32.2. The molecule has 0 fully saturated rings. The topological polar surface area (TPSA) is 70.7 Å². The minimum absolute atomic E-state index is 0.0779. The summed E-state index contributed by atoms with van der Waals surface area (Å²) in [5.74, 6) is 1.76. The summed E-state index contributed by atoms with van der Waals surface area (Å²) < 4.78 is 0. The summed E-state index contributed by atoms with van der Waals surface area (Å²) in [6, 6.07) is 13.8. The van der Waals surface area contributed by atoms with E-state index in [2.05, 4.69) is 51.9 Å². The highest BCUT2D eigenvalue weighted by molar-refractivity contribution is 7.98. The molecule has 0 unspecified atom stereocenters. The van der Waals surface area contributed by atoms with Crippen molar-refractivity contribution in [3.05, 3.63) is 59.2 Å². The van der Waals surface area contributed by atoms with Crippen molar-refractivity contribution in [2.24, 2.45) is 0 Å². The average molecular weight is 326 g/mol. The van der Waals surface area contributed by atoms with Crippen LogP contribution in [0, 0.1) is 6.92 Å². The standard InChI is InChI=1S/C17H18N4OS/c1-12-2-4-13(5-3-12)11-23-9-8-18-17(22)14-6-7-15-16(10-14)20-21-19-15/h2-7,10H,8-9,11H2,1H3,(H,18,22)(H,19,20,21). The molecule has 0 aliphatic heterocycles. The Kier molecular flexibility index (Phi) is 4.92. The van der Waals surface area contributed by atoms with E-state index in [-0.39, 0.29) is 5.91 Å². The molecule has 3 aromatic rings. The van der Waals surface area contributed by atoms with Crippen molar-refractivity contribution >= 4 is 28.7 Å². The maximum absolute atomic E-state index is 12.1. The quantitative estimate of drug-likeness (QED) is 0.683. The van der Waals surface area contributed by atoms with Crippen molar-refractivity contribution in [3.8, 4) is 0 Å². The van der Waals surface area contributed by atoms with E-state index >= 15 is 0 Å². The first-order valence-corrected chi connectivity index (χ1v) is 8.60. The summed E-state index contributed by atoms with van der Waals surface area (Å²) >= 11 is 1.81. The van der Waals surface area contributed by atoms with E-state index in [4.69, 9.17) is 0 Å². The number of carbonyl (C=O) groups excluding carboxylic acids is 1. The first kappa shape index (κ1) is 15.6. The summed E-state index contributed by atoms with van der Waals surface area (Å²) in [6.07, 6.45) is 0. The summed E-state index contributed by atoms with van der Waals surface area (Å²) in [7, 11) is 0. The smallest absolute Gasteiger partial charge is 0.251 e. The third-order valence-corrected chi connectivity index (χ3v) is 4.53. The second-order valence-corrected chi connectivity index (χ2v) is 6.43. The fraction of sp³-hybridized carbons (Fsp3) is 0.235. The van der Waals surface area contributed by atoms with Gasteiger partial charge in [-0.2, -0.15) is 27.2 Å². The maximum atomic E-state index is 12.1. The average Bonchev–Trinajstić information content (AvgIpc) is 3.03. The molecule has 0 saturated heterocycles. The Hall–Kier alpha value is -2.34. The Morgan fingerprint density at radius 2 is 1.91 bits per heavy atom. The molecule has 0 spiro atoms. The maximum Gasteiger partial charge on any atom is 0.251 e. The molecule has 6 heteroatoms. The van der Waals surface area contributed by atoms with Crippen LogP contribution in [-0.2, 0) is 5.75 Å². The summed E-state index contributed by atoms with van der Waals surface area (Å²) in [6.45, 7) is 2.73. The Labute approximate surface area is 138 Å². The van der Waals surface area contributed by atoms with E-state index < -0.39 is 0 Å². The number of H-pyrrole nitrogens is 1. The lowest BCUT2D eigenvalue weighted by atomic mass is 10.2. The van der Waals surface area contributed by atoms with Gasteiger partial charge in [-0.1, -0.05) is 29.8 Å². The lowest BCUT2D eigenvalue weighted by Crippen LogP contribution is -2.25. The summed E-state index contributed by atoms with van der Waals surface area (Å²) in [5, 5.41) is 13.4. The number of aromatic nitrogens is 3. The predicted octanol–water partition coefficient (Wildman–Crippen LogP) is 2.93. The number of aromatic amines is 1. The van der Waals surface area contributed by atoms with Crippen molar-refractivity contribution in [2.75, 3.05) is 12.3 Å². The first-order valence-electron chi connectivity index (χ1n) is 7.44. The van der Waals surface area contributed by atoms with Gasteiger partial charge in [-0.15, -0.1) is 0 Å². The van der Waals surface area contributed by atoms with Gasteiger partial charge in [-0.05, 0) is 30.7 Å². The van der Waals surface area contributed by atoms with Crippen LogP contribution in [0.4, 0.5) is 0 Å². The van der Waals surface area contributed by atoms with Crippen molar-refractivity contribution in [2.45, 2.75) is 12.7 Å². The van der Waals surface area contributed by atoms with Crippen LogP contribution in [-0.4, -0.2) is 33.6 Å². The van der Waals surface area contributed by atoms with E-state index in [1.54, 1.807) is 18.2 Å². The van der Waals surface area contributed by atoms with Gasteiger partial charge in [0.1, 0.15) is 11.0 Å². The Balaban J connectivity index is 1.43. The largest absolute Gasteiger partial charge is 0.351 e. The number of thioether (sulfide) groups is 1. The van der Waals surface area contributed by atoms with Crippen LogP contribution in [0.3, 0.4) is 0 Å². The lowest BCUT2D eigenvalue weighted by molar-refractivity contribution is 0.0956. The fourth-order valence-corrected chi connectivity index (χ4v) is 3.01. The molecule has 23 heavy (non-hydrogen) atoms. The number of fused-ring (bicyclic) bond motifs is 1. The van der Waals surface area contributed by atoms with E-state index in [0.29, 0.717) is 17.6 Å². The molecular formula is C17H18N4OS. The van der Waals surface area contributed by atoms with E-state index in [0.717, 1.165) is 17.0 Å². The van der Waals surface area contributed by atoms with Gasteiger partial charge in [-0.25, -0.2) is 0 Å². The lowest BCUT2D eigenvalue weighted by Gasteiger charge is -2.06. The zero-order chi connectivity index (χ0) is 16.1. The van der Waals surface area contributed by atoms with Gasteiger partial charge in [0.05, 0.1) is 0 Å². The van der Waals surface area contributed by atoms with Gasteiger partial charge in [0, 0.05) is 23.6 Å². The number of nitrogens with zero attached hydrogens (tertiary/aromatic N) is 2. The monoisotopic (exact) mass is 326 g/mol. The molecule has 118 valence electrons. The molecule has 0 saturated carbocycles. The van der Waals surface area contributed by atoms with Crippen molar-refractivity contribution in [1.82, 2.24) is 20.7 Å². The molecule has 5 nitrogen and oxygen atoms in total. The molecule has 0 bridgehead atoms.